The van der Waals surface area contributed by atoms with Gasteiger partial charge in [-0.3, -0.25) is 23.6 Å². The first kappa shape index (κ1) is 29.8. The molecule has 238 valence electrons. The summed E-state index contributed by atoms with van der Waals surface area (Å²) in [6, 6.07) is 15.5. The van der Waals surface area contributed by atoms with Crippen LogP contribution in [-0.4, -0.2) is 74.9 Å². The molecule has 0 saturated carbocycles. The number of likely N-dealkylation sites (tertiary alicyclic amines) is 1. The molecule has 2 aromatic carbocycles. The number of aryl methyl sites for hydroxylation is 1. The van der Waals surface area contributed by atoms with Crippen LogP contribution in [-0.2, 0) is 11.8 Å². The van der Waals surface area contributed by atoms with Gasteiger partial charge in [-0.1, -0.05) is 30.3 Å². The van der Waals surface area contributed by atoms with Gasteiger partial charge >= 0.3 is 0 Å². The Hall–Kier alpha value is -5.89. The third-order valence-electron chi connectivity index (χ3n) is 8.53. The lowest BCUT2D eigenvalue weighted by atomic mass is 9.89. The van der Waals surface area contributed by atoms with E-state index in [4.69, 9.17) is 10.7 Å². The predicted octanol–water partition coefficient (Wildman–Crippen LogP) is 2.21. The number of fused-ring (bicyclic) bond motifs is 2. The number of nitrogens with zero attached hydrogens (tertiary/aromatic N) is 8. The standard InChI is InChI=1S/C33H32N10O4/c1-18(37-31(45)26-28(34)39-42-14-8-13-35-30(26)42)29-38-24-12-7-11-22(25(24)33(47)43(29)21-9-5-4-6-10-21)23-15-36-40(3)27(23)20-16-41(17-20)32(46)19(2)44/h4-15,18-20,44H,16-17H2,1-3H3,(H2,34,39)(H,37,45)/t18-,19?/m0/s1. The molecule has 1 unspecified atom stereocenters. The lowest BCUT2D eigenvalue weighted by molar-refractivity contribution is -0.143. The van der Waals surface area contributed by atoms with Gasteiger partial charge in [0.1, 0.15) is 17.5 Å². The van der Waals surface area contributed by atoms with Crippen LogP contribution in [0.1, 0.15) is 47.7 Å². The van der Waals surface area contributed by atoms with Crippen LogP contribution >= 0.6 is 0 Å². The van der Waals surface area contributed by atoms with Crippen LogP contribution in [0.5, 0.6) is 0 Å². The number of nitrogens with two attached hydrogens (primary N) is 1. The fourth-order valence-corrected chi connectivity index (χ4v) is 6.28. The zero-order valence-electron chi connectivity index (χ0n) is 25.9. The minimum atomic E-state index is -1.07. The van der Waals surface area contributed by atoms with Crippen molar-refractivity contribution in [2.75, 3.05) is 18.8 Å². The van der Waals surface area contributed by atoms with E-state index in [-0.39, 0.29) is 28.8 Å². The van der Waals surface area contributed by atoms with Gasteiger partial charge in [-0.25, -0.2) is 14.5 Å². The Morgan fingerprint density at radius 2 is 1.81 bits per heavy atom. The third kappa shape index (κ3) is 4.98. The number of aromatic nitrogens is 7. The topological polar surface area (TPSA) is 179 Å². The summed E-state index contributed by atoms with van der Waals surface area (Å²) < 4.78 is 4.71. The highest BCUT2D eigenvalue weighted by Gasteiger charge is 2.37. The Bertz CT molecular complexity index is 2230. The molecule has 4 N–H and O–H groups in total. The second-order valence-electron chi connectivity index (χ2n) is 11.7. The number of aliphatic hydroxyl groups excluding tert-OH is 1. The lowest BCUT2D eigenvalue weighted by Gasteiger charge is -2.40. The molecule has 5 heterocycles. The molecule has 1 saturated heterocycles. The van der Waals surface area contributed by atoms with Crippen molar-refractivity contribution < 1.29 is 14.7 Å². The van der Waals surface area contributed by atoms with Crippen molar-refractivity contribution in [2.45, 2.75) is 31.9 Å². The van der Waals surface area contributed by atoms with Gasteiger partial charge in [-0.2, -0.15) is 5.10 Å². The summed E-state index contributed by atoms with van der Waals surface area (Å²) >= 11 is 0. The summed E-state index contributed by atoms with van der Waals surface area (Å²) in [5.41, 5.74) is 9.53. The number of para-hydroxylation sites is 1. The van der Waals surface area contributed by atoms with Crippen molar-refractivity contribution in [2.24, 2.45) is 7.05 Å². The van der Waals surface area contributed by atoms with Gasteiger partial charge in [-0.05, 0) is 38.1 Å². The SMILES string of the molecule is CC(O)C(=O)N1CC(c2c(-c3cccc4nc([C@H](C)NC(=O)c5c(N)nn6cccnc56)n(-c5ccccc5)c(=O)c34)cnn2C)C1. The first-order chi connectivity index (χ1) is 22.6. The largest absolute Gasteiger partial charge is 0.384 e. The van der Waals surface area contributed by atoms with Gasteiger partial charge in [0.25, 0.3) is 17.4 Å². The highest BCUT2D eigenvalue weighted by molar-refractivity contribution is 6.04. The molecule has 14 nitrogen and oxygen atoms in total. The summed E-state index contributed by atoms with van der Waals surface area (Å²) in [5.74, 6) is -0.507. The van der Waals surface area contributed by atoms with Gasteiger partial charge in [-0.15, -0.1) is 5.10 Å². The number of carbonyl (C=O) groups excluding carboxylic acids is 2. The third-order valence-corrected chi connectivity index (χ3v) is 8.53. The Labute approximate surface area is 268 Å². The van der Waals surface area contributed by atoms with E-state index in [0.717, 1.165) is 11.3 Å². The van der Waals surface area contributed by atoms with Crippen molar-refractivity contribution in [3.05, 3.63) is 101 Å². The normalized spacial score (nSPS) is 14.7. The number of amides is 2. The van der Waals surface area contributed by atoms with E-state index < -0.39 is 18.1 Å². The van der Waals surface area contributed by atoms with Crippen LogP contribution in [0.25, 0.3) is 33.4 Å². The maximum Gasteiger partial charge on any atom is 0.266 e. The quantitative estimate of drug-likeness (QED) is 0.238. The minimum Gasteiger partial charge on any atom is -0.384 e. The van der Waals surface area contributed by atoms with E-state index in [2.05, 4.69) is 20.5 Å². The molecule has 0 aliphatic carbocycles. The monoisotopic (exact) mass is 632 g/mol. The minimum absolute atomic E-state index is 0.0297. The molecule has 6 aromatic rings. The number of anilines is 1. The molecule has 0 radical (unpaired) electrons. The van der Waals surface area contributed by atoms with Crippen molar-refractivity contribution in [3.8, 4) is 16.8 Å². The first-order valence-electron chi connectivity index (χ1n) is 15.1. The Kier molecular flexibility index (Phi) is 7.28. The van der Waals surface area contributed by atoms with E-state index in [1.165, 1.54) is 16.0 Å². The van der Waals surface area contributed by atoms with Crippen LogP contribution in [0, 0.1) is 0 Å². The van der Waals surface area contributed by atoms with Gasteiger partial charge in [0.05, 0.1) is 34.5 Å². The fraction of sp³-hybridized carbons (Fsp3) is 0.242. The Balaban J connectivity index is 1.33. The predicted molar refractivity (Wildman–Crippen MR) is 174 cm³/mol. The van der Waals surface area contributed by atoms with E-state index in [1.807, 2.05) is 37.4 Å². The number of hydrogen-bond acceptors (Lipinski definition) is 9. The second kappa shape index (κ2) is 11.5. The van der Waals surface area contributed by atoms with Crippen LogP contribution in [0.4, 0.5) is 5.82 Å². The first-order valence-corrected chi connectivity index (χ1v) is 15.1. The van der Waals surface area contributed by atoms with E-state index >= 15 is 0 Å². The van der Waals surface area contributed by atoms with Crippen molar-refractivity contribution in [1.82, 2.24) is 44.1 Å². The molecule has 4 aromatic heterocycles. The van der Waals surface area contributed by atoms with Crippen LogP contribution in [0.15, 0.2) is 78.0 Å². The molecule has 14 heteroatoms. The highest BCUT2D eigenvalue weighted by atomic mass is 16.3. The van der Waals surface area contributed by atoms with E-state index in [1.54, 1.807) is 59.4 Å². The summed E-state index contributed by atoms with van der Waals surface area (Å²) in [7, 11) is 1.83. The average Bonchev–Trinajstić information content (AvgIpc) is 3.58. The van der Waals surface area contributed by atoms with E-state index in [0.29, 0.717) is 46.7 Å². The van der Waals surface area contributed by atoms with Crippen molar-refractivity contribution >= 4 is 34.2 Å². The maximum atomic E-state index is 14.6. The van der Waals surface area contributed by atoms with Crippen molar-refractivity contribution in [1.29, 1.82) is 0 Å². The average molecular weight is 633 g/mol. The number of nitrogens with one attached hydrogen (secondary N) is 1. The zero-order valence-corrected chi connectivity index (χ0v) is 25.9. The van der Waals surface area contributed by atoms with Crippen LogP contribution in [0.3, 0.4) is 0 Å². The second-order valence-corrected chi connectivity index (χ2v) is 11.7. The highest BCUT2D eigenvalue weighted by Crippen LogP contribution is 2.37. The molecule has 1 fully saturated rings. The van der Waals surface area contributed by atoms with Gasteiger partial charge in [0, 0.05) is 49.6 Å². The lowest BCUT2D eigenvalue weighted by Crippen LogP contribution is -2.52. The smallest absolute Gasteiger partial charge is 0.266 e. The summed E-state index contributed by atoms with van der Waals surface area (Å²) in [6.45, 7) is 4.07. The number of benzene rings is 2. The zero-order chi connectivity index (χ0) is 33.0. The summed E-state index contributed by atoms with van der Waals surface area (Å²) in [4.78, 5) is 51.4. The van der Waals surface area contributed by atoms with E-state index in [9.17, 15) is 19.5 Å². The molecule has 0 spiro atoms. The van der Waals surface area contributed by atoms with Crippen LogP contribution in [0.2, 0.25) is 0 Å². The molecule has 2 atom stereocenters. The Morgan fingerprint density at radius 1 is 1.04 bits per heavy atom. The van der Waals surface area contributed by atoms with Crippen molar-refractivity contribution in [3.63, 3.8) is 0 Å². The van der Waals surface area contributed by atoms with Gasteiger partial charge < -0.3 is 21.1 Å². The molecule has 0 bridgehead atoms. The number of nitrogen functional groups attached to an aromatic ring is 1. The fourth-order valence-electron chi connectivity index (χ4n) is 6.28. The molecule has 1 aliphatic rings. The summed E-state index contributed by atoms with van der Waals surface area (Å²) in [5, 5.41) is 21.8. The molecule has 47 heavy (non-hydrogen) atoms. The van der Waals surface area contributed by atoms with Gasteiger partial charge in [0.15, 0.2) is 11.5 Å². The number of carbonyl (C=O) groups is 2. The molecule has 2 amide bonds. The number of rotatable bonds is 7. The number of hydrogen-bond donors (Lipinski definition) is 3. The Morgan fingerprint density at radius 3 is 2.55 bits per heavy atom. The molecular weight excluding hydrogens is 600 g/mol. The number of aliphatic hydroxyl groups is 1. The summed E-state index contributed by atoms with van der Waals surface area (Å²) in [6.07, 6.45) is 3.85. The molecule has 7 rings (SSSR count). The van der Waals surface area contributed by atoms with Gasteiger partial charge in [0.2, 0.25) is 0 Å². The maximum absolute atomic E-state index is 14.6. The van der Waals surface area contributed by atoms with Crippen LogP contribution < -0.4 is 16.6 Å². The molecular formula is C33H32N10O4. The molecule has 1 aliphatic heterocycles.